The van der Waals surface area contributed by atoms with Gasteiger partial charge in [-0.25, -0.2) is 9.97 Å². The molecule has 0 radical (unpaired) electrons. The van der Waals surface area contributed by atoms with Gasteiger partial charge in [-0.05, 0) is 43.3 Å². The maximum atomic E-state index is 6.09. The molecule has 0 amide bonds. The molecule has 0 atom stereocenters. The highest BCUT2D eigenvalue weighted by atomic mass is 16.6. The van der Waals surface area contributed by atoms with Crippen molar-refractivity contribution in [3.63, 3.8) is 0 Å². The first-order chi connectivity index (χ1) is 14.7. The van der Waals surface area contributed by atoms with Gasteiger partial charge in [-0.3, -0.25) is 0 Å². The summed E-state index contributed by atoms with van der Waals surface area (Å²) in [6.45, 7) is 2.14. The molecule has 0 bridgehead atoms. The van der Waals surface area contributed by atoms with Crippen LogP contribution in [0.5, 0.6) is 11.6 Å². The summed E-state index contributed by atoms with van der Waals surface area (Å²) in [5, 5.41) is 3.98. The molecule has 0 fully saturated rings. The van der Waals surface area contributed by atoms with Crippen molar-refractivity contribution >= 4 is 5.84 Å². The third kappa shape index (κ3) is 4.64. The lowest BCUT2D eigenvalue weighted by Gasteiger charge is -2.09. The van der Waals surface area contributed by atoms with Crippen molar-refractivity contribution < 1.29 is 14.0 Å². The van der Waals surface area contributed by atoms with Crippen LogP contribution in [0.15, 0.2) is 88.8 Å². The van der Waals surface area contributed by atoms with Gasteiger partial charge >= 0.3 is 0 Å². The Morgan fingerprint density at radius 3 is 2.63 bits per heavy atom. The molecule has 0 saturated carbocycles. The number of oxazole rings is 1. The molecular weight excluding hydrogens is 380 g/mol. The van der Waals surface area contributed by atoms with Crippen molar-refractivity contribution in [3.8, 4) is 23.1 Å². The third-order valence-corrected chi connectivity index (χ3v) is 4.23. The quantitative estimate of drug-likeness (QED) is 0.275. The zero-order valence-electron chi connectivity index (χ0n) is 16.4. The zero-order chi connectivity index (χ0) is 20.8. The van der Waals surface area contributed by atoms with Crippen LogP contribution in [0.1, 0.15) is 16.8 Å². The molecule has 0 aliphatic rings. The highest BCUT2D eigenvalue weighted by molar-refractivity contribution is 5.99. The van der Waals surface area contributed by atoms with Crippen molar-refractivity contribution in [1.82, 2.24) is 9.97 Å². The Morgan fingerprint density at radius 1 is 1.03 bits per heavy atom. The number of pyridine rings is 1. The minimum Gasteiger partial charge on any atom is -0.444 e. The van der Waals surface area contributed by atoms with Crippen LogP contribution in [0.2, 0.25) is 0 Å². The van der Waals surface area contributed by atoms with E-state index < -0.39 is 0 Å². The van der Waals surface area contributed by atoms with Crippen LogP contribution in [-0.2, 0) is 11.4 Å². The van der Waals surface area contributed by atoms with Gasteiger partial charge in [0.25, 0.3) is 0 Å². The Morgan fingerprint density at radius 2 is 1.83 bits per heavy atom. The Hall–Kier alpha value is -4.13. The summed E-state index contributed by atoms with van der Waals surface area (Å²) >= 11 is 0. The first kappa shape index (κ1) is 19.2. The topological polar surface area (TPSA) is 95.8 Å². The summed E-state index contributed by atoms with van der Waals surface area (Å²) in [4.78, 5) is 14.0. The number of para-hydroxylation sites is 1. The normalized spacial score (nSPS) is 11.3. The Balaban J connectivity index is 1.42. The minimum absolute atomic E-state index is 0.116. The highest BCUT2D eigenvalue weighted by Crippen LogP contribution is 2.23. The number of rotatable bonds is 7. The Labute approximate surface area is 173 Å². The molecule has 4 aromatic rings. The Bertz CT molecular complexity index is 1140. The molecule has 4 rings (SSSR count). The van der Waals surface area contributed by atoms with Gasteiger partial charge in [-0.1, -0.05) is 41.1 Å². The zero-order valence-corrected chi connectivity index (χ0v) is 16.4. The molecule has 2 aromatic heterocycles. The number of nitrogens with two attached hydrogens (primary N) is 1. The molecular formula is C23H20N4O3. The lowest BCUT2D eigenvalue weighted by Crippen LogP contribution is -2.15. The first-order valence-corrected chi connectivity index (χ1v) is 9.34. The van der Waals surface area contributed by atoms with Crippen LogP contribution < -0.4 is 10.5 Å². The number of aromatic nitrogens is 2. The summed E-state index contributed by atoms with van der Waals surface area (Å²) in [7, 11) is 0. The fraction of sp³-hybridized carbons (Fsp3) is 0.0870. The van der Waals surface area contributed by atoms with Crippen molar-refractivity contribution in [2.45, 2.75) is 13.5 Å². The van der Waals surface area contributed by atoms with Crippen LogP contribution in [0, 0.1) is 6.92 Å². The number of amidine groups is 1. The third-order valence-electron chi connectivity index (χ3n) is 4.23. The molecule has 0 unspecified atom stereocenters. The standard InChI is InChI=1S/C23H20N4O3/c1-16-9-11-17(12-10-16)22-26-18(14-28-22)15-29-27-21(24)20-8-5-13-25-23(20)30-19-6-3-2-4-7-19/h2-14H,15H2,1H3,(H2,24,27). The number of nitrogens with zero attached hydrogens (tertiary/aromatic N) is 3. The molecule has 150 valence electrons. The fourth-order valence-corrected chi connectivity index (χ4v) is 2.69. The van der Waals surface area contributed by atoms with Crippen LogP contribution in [0.25, 0.3) is 11.5 Å². The van der Waals surface area contributed by atoms with E-state index in [0.717, 1.165) is 5.56 Å². The van der Waals surface area contributed by atoms with Gasteiger partial charge in [0.15, 0.2) is 12.4 Å². The summed E-state index contributed by atoms with van der Waals surface area (Å²) in [6, 6.07) is 20.8. The van der Waals surface area contributed by atoms with E-state index in [9.17, 15) is 0 Å². The molecule has 0 saturated heterocycles. The second-order valence-electron chi connectivity index (χ2n) is 6.53. The highest BCUT2D eigenvalue weighted by Gasteiger charge is 2.11. The second-order valence-corrected chi connectivity index (χ2v) is 6.53. The average Bonchev–Trinajstić information content (AvgIpc) is 3.24. The van der Waals surface area contributed by atoms with E-state index in [-0.39, 0.29) is 12.4 Å². The van der Waals surface area contributed by atoms with Gasteiger partial charge in [0.1, 0.15) is 17.7 Å². The van der Waals surface area contributed by atoms with Crippen LogP contribution in [-0.4, -0.2) is 15.8 Å². The molecule has 0 aliphatic heterocycles. The largest absolute Gasteiger partial charge is 0.444 e. The molecule has 30 heavy (non-hydrogen) atoms. The lowest BCUT2D eigenvalue weighted by atomic mass is 10.1. The molecule has 7 nitrogen and oxygen atoms in total. The van der Waals surface area contributed by atoms with E-state index in [2.05, 4.69) is 15.1 Å². The summed E-state index contributed by atoms with van der Waals surface area (Å²) in [6.07, 6.45) is 3.16. The smallest absolute Gasteiger partial charge is 0.230 e. The van der Waals surface area contributed by atoms with E-state index in [0.29, 0.717) is 28.8 Å². The first-order valence-electron chi connectivity index (χ1n) is 9.34. The Kier molecular flexibility index (Phi) is 5.70. The summed E-state index contributed by atoms with van der Waals surface area (Å²) in [5.74, 6) is 1.67. The van der Waals surface area contributed by atoms with E-state index >= 15 is 0 Å². The van der Waals surface area contributed by atoms with E-state index in [1.807, 2.05) is 61.5 Å². The monoisotopic (exact) mass is 400 g/mol. The van der Waals surface area contributed by atoms with E-state index in [1.54, 1.807) is 18.3 Å². The summed E-state index contributed by atoms with van der Waals surface area (Å²) in [5.41, 5.74) is 9.29. The molecule has 2 heterocycles. The fourth-order valence-electron chi connectivity index (χ4n) is 2.69. The molecule has 0 aliphatic carbocycles. The SMILES string of the molecule is Cc1ccc(-c2nc(CO/N=C(/N)c3cccnc3Oc3ccccc3)co2)cc1. The van der Waals surface area contributed by atoms with Gasteiger partial charge in [0.2, 0.25) is 11.8 Å². The number of ether oxygens (including phenoxy) is 1. The average molecular weight is 400 g/mol. The van der Waals surface area contributed by atoms with Crippen LogP contribution in [0.4, 0.5) is 0 Å². The van der Waals surface area contributed by atoms with Crippen molar-refractivity contribution in [2.24, 2.45) is 10.9 Å². The molecule has 7 heteroatoms. The molecule has 2 aromatic carbocycles. The number of hydrogen-bond donors (Lipinski definition) is 1. The van der Waals surface area contributed by atoms with Gasteiger partial charge in [-0.2, -0.15) is 0 Å². The maximum Gasteiger partial charge on any atom is 0.230 e. The number of oxime groups is 1. The van der Waals surface area contributed by atoms with Gasteiger partial charge < -0.3 is 19.7 Å². The predicted molar refractivity (Wildman–Crippen MR) is 113 cm³/mol. The second kappa shape index (κ2) is 8.91. The van der Waals surface area contributed by atoms with Gasteiger partial charge in [0, 0.05) is 11.8 Å². The van der Waals surface area contributed by atoms with Crippen molar-refractivity contribution in [1.29, 1.82) is 0 Å². The maximum absolute atomic E-state index is 6.09. The number of hydrogen-bond acceptors (Lipinski definition) is 6. The van der Waals surface area contributed by atoms with E-state index in [4.69, 9.17) is 19.7 Å². The van der Waals surface area contributed by atoms with Crippen LogP contribution >= 0.6 is 0 Å². The minimum atomic E-state index is 0.116. The number of aryl methyl sites for hydroxylation is 1. The molecule has 2 N–H and O–H groups in total. The molecule has 0 spiro atoms. The van der Waals surface area contributed by atoms with Crippen molar-refractivity contribution in [3.05, 3.63) is 96.0 Å². The summed E-state index contributed by atoms with van der Waals surface area (Å²) < 4.78 is 11.3. The lowest BCUT2D eigenvalue weighted by molar-refractivity contribution is 0.127. The van der Waals surface area contributed by atoms with Crippen molar-refractivity contribution in [2.75, 3.05) is 0 Å². The van der Waals surface area contributed by atoms with Crippen LogP contribution in [0.3, 0.4) is 0 Å². The van der Waals surface area contributed by atoms with E-state index in [1.165, 1.54) is 11.8 Å². The number of benzene rings is 2. The predicted octanol–water partition coefficient (Wildman–Crippen LogP) is 4.67. The van der Waals surface area contributed by atoms with Gasteiger partial charge in [-0.15, -0.1) is 0 Å². The van der Waals surface area contributed by atoms with Gasteiger partial charge in [0.05, 0.1) is 5.56 Å².